The lowest BCUT2D eigenvalue weighted by atomic mass is 10.0. The molecule has 3 N–H and O–H groups in total. The number of amides is 1. The van der Waals surface area contributed by atoms with Crippen molar-refractivity contribution in [2.75, 3.05) is 12.4 Å². The highest BCUT2D eigenvalue weighted by Gasteiger charge is 2.48. The Balaban J connectivity index is 1.42. The van der Waals surface area contributed by atoms with Gasteiger partial charge in [0.05, 0.1) is 41.0 Å². The number of carbonyl (C=O) groups is 1. The highest BCUT2D eigenvalue weighted by atomic mass is 35.5. The van der Waals surface area contributed by atoms with Crippen molar-refractivity contribution in [2.45, 2.75) is 43.7 Å². The third kappa shape index (κ3) is 3.37. The Hall–Kier alpha value is -3.85. The number of carbonyl (C=O) groups excluding carboxylic acids is 1. The van der Waals surface area contributed by atoms with Crippen molar-refractivity contribution in [3.8, 4) is 23.0 Å². The molecular formula is C26H23ClN6O3. The molecule has 2 atom stereocenters. The molecule has 9 nitrogen and oxygen atoms in total. The summed E-state index contributed by atoms with van der Waals surface area (Å²) in [5.74, 6) is 0.633. The van der Waals surface area contributed by atoms with Crippen molar-refractivity contribution < 1.29 is 14.3 Å². The summed E-state index contributed by atoms with van der Waals surface area (Å²) in [6.07, 6.45) is 6.25. The molecule has 0 radical (unpaired) electrons. The molecule has 10 heteroatoms. The zero-order valence-corrected chi connectivity index (χ0v) is 20.4. The highest BCUT2D eigenvalue weighted by molar-refractivity contribution is 6.32. The van der Waals surface area contributed by atoms with E-state index in [2.05, 4.69) is 32.5 Å². The van der Waals surface area contributed by atoms with E-state index in [1.807, 2.05) is 18.2 Å². The van der Waals surface area contributed by atoms with Gasteiger partial charge in [0.1, 0.15) is 16.6 Å². The van der Waals surface area contributed by atoms with Crippen LogP contribution in [0.25, 0.3) is 22.3 Å². The summed E-state index contributed by atoms with van der Waals surface area (Å²) < 4.78 is 11.6. The lowest BCUT2D eigenvalue weighted by molar-refractivity contribution is 0.0944. The monoisotopic (exact) mass is 502 g/mol. The molecule has 3 aliphatic rings. The number of hydrogen-bond acceptors (Lipinski definition) is 7. The molecule has 4 aromatic rings. The number of H-pyrrole nitrogens is 1. The van der Waals surface area contributed by atoms with Crippen LogP contribution in [-0.2, 0) is 0 Å². The van der Waals surface area contributed by atoms with Crippen molar-refractivity contribution in [1.29, 1.82) is 0 Å². The van der Waals surface area contributed by atoms with Crippen LogP contribution < -0.4 is 20.1 Å². The first-order valence-corrected chi connectivity index (χ1v) is 12.3. The first-order valence-electron chi connectivity index (χ1n) is 11.9. The number of methoxy groups -OCH3 is 1. The van der Waals surface area contributed by atoms with E-state index in [1.165, 1.54) is 0 Å². The maximum atomic E-state index is 13.2. The molecule has 7 rings (SSSR count). The number of fused-ring (bicyclic) bond motifs is 4. The number of aromatic nitrogens is 4. The van der Waals surface area contributed by atoms with Crippen molar-refractivity contribution in [1.82, 2.24) is 25.3 Å². The number of nitrogens with zero attached hydrogens (tertiary/aromatic N) is 3. The van der Waals surface area contributed by atoms with Crippen molar-refractivity contribution >= 4 is 39.9 Å². The van der Waals surface area contributed by atoms with Crippen LogP contribution in [0.15, 0.2) is 36.7 Å². The fourth-order valence-electron chi connectivity index (χ4n) is 4.90. The molecule has 0 bridgehead atoms. The molecule has 36 heavy (non-hydrogen) atoms. The van der Waals surface area contributed by atoms with Crippen LogP contribution in [-0.4, -0.2) is 44.6 Å². The Labute approximate surface area is 211 Å². The molecule has 1 aromatic carbocycles. The van der Waals surface area contributed by atoms with E-state index in [-0.39, 0.29) is 23.5 Å². The fraction of sp³-hybridized carbons (Fsp3) is 0.308. The summed E-state index contributed by atoms with van der Waals surface area (Å²) in [6.45, 7) is 2.05. The van der Waals surface area contributed by atoms with Gasteiger partial charge in [0.15, 0.2) is 5.75 Å². The summed E-state index contributed by atoms with van der Waals surface area (Å²) in [6, 6.07) is 7.83. The normalized spacial score (nSPS) is 20.8. The molecular weight excluding hydrogens is 480 g/mol. The van der Waals surface area contributed by atoms with E-state index < -0.39 is 0 Å². The second kappa shape index (κ2) is 7.57. The summed E-state index contributed by atoms with van der Waals surface area (Å²) in [4.78, 5) is 30.3. The van der Waals surface area contributed by atoms with Gasteiger partial charge in [0.25, 0.3) is 5.91 Å². The number of benzene rings is 1. The van der Waals surface area contributed by atoms with E-state index in [0.29, 0.717) is 44.8 Å². The summed E-state index contributed by atoms with van der Waals surface area (Å²) in [5, 5.41) is 7.02. The van der Waals surface area contributed by atoms with Gasteiger partial charge in [0, 0.05) is 29.4 Å². The highest BCUT2D eigenvalue weighted by Crippen LogP contribution is 2.51. The largest absolute Gasteiger partial charge is 0.493 e. The minimum Gasteiger partial charge on any atom is -0.493 e. The predicted octanol–water partition coefficient (Wildman–Crippen LogP) is 4.96. The van der Waals surface area contributed by atoms with Gasteiger partial charge in [-0.2, -0.15) is 4.98 Å². The smallest absolute Gasteiger partial charge is 0.317 e. The number of nitrogens with one attached hydrogen (secondary N) is 3. The maximum Gasteiger partial charge on any atom is 0.317 e. The number of rotatable bonds is 6. The SMILES string of the molecule is COc1c(Cl)cccc1Nc1c(-c2ccnc3cnc(OC4(C)CC4)nc23)[nH]c2c1C(=O)N[C@H]1C[C@@H]21. The Morgan fingerprint density at radius 3 is 2.89 bits per heavy atom. The fourth-order valence-corrected chi connectivity index (χ4v) is 5.15. The molecule has 2 saturated carbocycles. The molecule has 1 aliphatic heterocycles. The van der Waals surface area contributed by atoms with Crippen molar-refractivity contribution in [3.63, 3.8) is 0 Å². The first-order chi connectivity index (χ1) is 17.4. The average molecular weight is 503 g/mol. The van der Waals surface area contributed by atoms with Crippen molar-refractivity contribution in [2.24, 2.45) is 0 Å². The van der Waals surface area contributed by atoms with Gasteiger partial charge in [0.2, 0.25) is 0 Å². The number of aromatic amines is 1. The van der Waals surface area contributed by atoms with Crippen LogP contribution in [0.5, 0.6) is 11.8 Å². The van der Waals surface area contributed by atoms with Crippen LogP contribution in [0, 0.1) is 0 Å². The van der Waals surface area contributed by atoms with Gasteiger partial charge >= 0.3 is 6.01 Å². The average Bonchev–Trinajstić information content (AvgIpc) is 3.76. The Kier molecular flexibility index (Phi) is 4.51. The lowest BCUT2D eigenvalue weighted by Crippen LogP contribution is -2.31. The lowest BCUT2D eigenvalue weighted by Gasteiger charge is -2.17. The van der Waals surface area contributed by atoms with E-state index in [1.54, 1.807) is 25.6 Å². The second-order valence-corrected chi connectivity index (χ2v) is 10.2. The number of halogens is 1. The summed E-state index contributed by atoms with van der Waals surface area (Å²) in [5.41, 5.74) is 5.38. The van der Waals surface area contributed by atoms with Crippen LogP contribution in [0.2, 0.25) is 5.02 Å². The molecule has 3 aromatic heterocycles. The Morgan fingerprint density at radius 2 is 2.08 bits per heavy atom. The number of ether oxygens (including phenoxy) is 2. The number of hydrogen-bond donors (Lipinski definition) is 3. The van der Waals surface area contributed by atoms with Crippen LogP contribution in [0.4, 0.5) is 11.4 Å². The Morgan fingerprint density at radius 1 is 1.22 bits per heavy atom. The molecule has 2 aliphatic carbocycles. The third-order valence-electron chi connectivity index (χ3n) is 7.18. The third-order valence-corrected chi connectivity index (χ3v) is 7.48. The topological polar surface area (TPSA) is 114 Å². The molecule has 0 saturated heterocycles. The number of pyridine rings is 1. The number of anilines is 2. The molecule has 1 amide bonds. The molecule has 0 spiro atoms. The first kappa shape index (κ1) is 21.4. The second-order valence-electron chi connectivity index (χ2n) is 9.83. The quantitative estimate of drug-likeness (QED) is 0.341. The maximum absolute atomic E-state index is 13.2. The zero-order chi connectivity index (χ0) is 24.6. The van der Waals surface area contributed by atoms with Gasteiger partial charge in [-0.25, -0.2) is 4.98 Å². The minimum atomic E-state index is -0.212. The standard InChI is InChI=1S/C26H23ClN6O3/c1-26(7-8-26)36-25-29-11-17-19(33-25)12(6-9-28-17)21-22(30-15-5-3-4-14(27)23(15)35-2)18-20(32-21)13-10-16(13)31-24(18)34/h3-6,9,11,13,16,30,32H,7-8,10H2,1-2H3,(H,31,34)/t13-,16+/m1/s1. The van der Waals surface area contributed by atoms with E-state index in [9.17, 15) is 4.79 Å². The van der Waals surface area contributed by atoms with Gasteiger partial charge in [-0.05, 0) is 44.4 Å². The van der Waals surface area contributed by atoms with Crippen molar-refractivity contribution in [3.05, 3.63) is 52.9 Å². The van der Waals surface area contributed by atoms with E-state index >= 15 is 0 Å². The van der Waals surface area contributed by atoms with E-state index in [4.69, 9.17) is 26.1 Å². The van der Waals surface area contributed by atoms with E-state index in [0.717, 1.165) is 36.2 Å². The molecule has 2 fully saturated rings. The predicted molar refractivity (Wildman–Crippen MR) is 135 cm³/mol. The summed E-state index contributed by atoms with van der Waals surface area (Å²) >= 11 is 6.39. The Bertz CT molecular complexity index is 1560. The van der Waals surface area contributed by atoms with Gasteiger partial charge < -0.3 is 25.1 Å². The molecule has 4 heterocycles. The minimum absolute atomic E-state index is 0.117. The molecule has 0 unspecified atom stereocenters. The van der Waals surface area contributed by atoms with Crippen LogP contribution in [0.1, 0.15) is 48.2 Å². The summed E-state index contributed by atoms with van der Waals surface area (Å²) in [7, 11) is 1.57. The number of para-hydroxylation sites is 1. The molecule has 182 valence electrons. The zero-order valence-electron chi connectivity index (χ0n) is 19.7. The van der Waals surface area contributed by atoms with Gasteiger partial charge in [-0.3, -0.25) is 9.78 Å². The van der Waals surface area contributed by atoms with Crippen LogP contribution in [0.3, 0.4) is 0 Å². The van der Waals surface area contributed by atoms with Crippen LogP contribution >= 0.6 is 11.6 Å². The van der Waals surface area contributed by atoms with Gasteiger partial charge in [-0.15, -0.1) is 0 Å². The van der Waals surface area contributed by atoms with Gasteiger partial charge in [-0.1, -0.05) is 17.7 Å².